The Morgan fingerprint density at radius 3 is 1.43 bits per heavy atom. The third kappa shape index (κ3) is 1.90. The van der Waals surface area contributed by atoms with Crippen molar-refractivity contribution in [2.45, 2.75) is 24.2 Å². The summed E-state index contributed by atoms with van der Waals surface area (Å²) in [5, 5.41) is 0. The molecule has 0 spiro atoms. The molecule has 0 radical (unpaired) electrons. The molecule has 1 atom stereocenters. The normalized spacial score (nSPS) is 16.9. The van der Waals surface area contributed by atoms with Gasteiger partial charge in [0.2, 0.25) is 0 Å². The van der Waals surface area contributed by atoms with Gasteiger partial charge in [-0.25, -0.2) is 8.78 Å². The molecular formula is C5H3F9. The van der Waals surface area contributed by atoms with Crippen LogP contribution >= 0.6 is 0 Å². The van der Waals surface area contributed by atoms with Gasteiger partial charge in [0.25, 0.3) is 0 Å². The van der Waals surface area contributed by atoms with Crippen LogP contribution in [0.3, 0.4) is 0 Å². The number of rotatable bonds is 3. The maximum absolute atomic E-state index is 12.0. The summed E-state index contributed by atoms with van der Waals surface area (Å²) in [6.45, 7) is -2.63. The molecule has 0 aromatic rings. The van der Waals surface area contributed by atoms with Crippen LogP contribution in [0.1, 0.15) is 0 Å². The summed E-state index contributed by atoms with van der Waals surface area (Å²) in [4.78, 5) is 0. The first-order chi connectivity index (χ1) is 5.98. The number of hydrogen-bond acceptors (Lipinski definition) is 0. The van der Waals surface area contributed by atoms with Gasteiger partial charge in [0.1, 0.15) is 6.67 Å². The average molecular weight is 234 g/mol. The Kier molecular flexibility index (Phi) is 3.34. The lowest BCUT2D eigenvalue weighted by molar-refractivity contribution is -0.366. The zero-order valence-electron chi connectivity index (χ0n) is 6.19. The number of halogens is 9. The van der Waals surface area contributed by atoms with Gasteiger partial charge in [-0.15, -0.1) is 0 Å². The fourth-order valence-corrected chi connectivity index (χ4v) is 0.483. The summed E-state index contributed by atoms with van der Waals surface area (Å²) < 4.78 is 105. The quantitative estimate of drug-likeness (QED) is 0.658. The highest BCUT2D eigenvalue weighted by Gasteiger charge is 2.75. The zero-order valence-corrected chi connectivity index (χ0v) is 6.19. The Balaban J connectivity index is 5.07. The van der Waals surface area contributed by atoms with Crippen LogP contribution in [0.2, 0.25) is 0 Å². The summed E-state index contributed by atoms with van der Waals surface area (Å²) in [6, 6.07) is 0. The van der Waals surface area contributed by atoms with Crippen LogP contribution in [0.4, 0.5) is 39.5 Å². The topological polar surface area (TPSA) is 0 Å². The second kappa shape index (κ2) is 3.50. The number of alkyl halides is 9. The molecule has 0 aliphatic carbocycles. The smallest absolute Gasteiger partial charge is 0.248 e. The molecule has 9 heteroatoms. The average Bonchev–Trinajstić information content (AvgIpc) is 2.00. The second-order valence-corrected chi connectivity index (χ2v) is 2.32. The van der Waals surface area contributed by atoms with Gasteiger partial charge in [-0.3, -0.25) is 0 Å². The minimum absolute atomic E-state index is 2.63. The summed E-state index contributed by atoms with van der Waals surface area (Å²) in [7, 11) is 0. The Labute approximate surface area is 71.7 Å². The van der Waals surface area contributed by atoms with E-state index in [1.807, 2.05) is 0 Å². The van der Waals surface area contributed by atoms with Gasteiger partial charge in [0, 0.05) is 0 Å². The molecule has 0 bridgehead atoms. The molecule has 0 aliphatic rings. The van der Waals surface area contributed by atoms with Gasteiger partial charge < -0.3 is 0 Å². The van der Waals surface area contributed by atoms with Gasteiger partial charge in [-0.05, 0) is 0 Å². The Morgan fingerprint density at radius 2 is 1.21 bits per heavy atom. The highest BCUT2D eigenvalue weighted by molar-refractivity contribution is 4.95. The van der Waals surface area contributed by atoms with E-state index in [0.717, 1.165) is 0 Å². The van der Waals surface area contributed by atoms with Crippen molar-refractivity contribution >= 4 is 0 Å². The fourth-order valence-electron chi connectivity index (χ4n) is 0.483. The van der Waals surface area contributed by atoms with Crippen LogP contribution in [0.15, 0.2) is 0 Å². The van der Waals surface area contributed by atoms with Crippen molar-refractivity contribution in [3.05, 3.63) is 0 Å². The monoisotopic (exact) mass is 234 g/mol. The zero-order chi connectivity index (χ0) is 11.8. The van der Waals surface area contributed by atoms with Crippen LogP contribution < -0.4 is 0 Å². The molecule has 0 rings (SSSR count). The molecule has 86 valence electrons. The van der Waals surface area contributed by atoms with Crippen LogP contribution in [0.25, 0.3) is 0 Å². The predicted molar refractivity (Wildman–Crippen MR) is 26.8 cm³/mol. The van der Waals surface area contributed by atoms with Crippen molar-refractivity contribution in [2.24, 2.45) is 0 Å². The van der Waals surface area contributed by atoms with E-state index < -0.39 is 30.9 Å². The molecule has 0 aromatic heterocycles. The Morgan fingerprint density at radius 1 is 0.857 bits per heavy atom. The molecular weight excluding hydrogens is 231 g/mol. The minimum atomic E-state index is -6.63. The summed E-state index contributed by atoms with van der Waals surface area (Å²) in [6.07, 6.45) is -10.8. The van der Waals surface area contributed by atoms with Crippen LogP contribution in [-0.2, 0) is 0 Å². The highest BCUT2D eigenvalue weighted by Crippen LogP contribution is 2.48. The first-order valence-corrected chi connectivity index (χ1v) is 3.01. The summed E-state index contributed by atoms with van der Waals surface area (Å²) >= 11 is 0. The fraction of sp³-hybridized carbons (Fsp3) is 1.00. The van der Waals surface area contributed by atoms with Crippen molar-refractivity contribution in [3.63, 3.8) is 0 Å². The van der Waals surface area contributed by atoms with Gasteiger partial charge in [0.15, 0.2) is 6.17 Å². The molecule has 0 N–H and O–H groups in total. The summed E-state index contributed by atoms with van der Waals surface area (Å²) in [5.41, 5.74) is 0. The maximum Gasteiger partial charge on any atom is 0.459 e. The highest BCUT2D eigenvalue weighted by atomic mass is 19.4. The standard InChI is InChI=1S/C5H3F9/c6-1-2(7)3(8,9)4(10,11)5(12,13)14/h2H,1H2. The predicted octanol–water partition coefficient (Wildman–Crippen LogP) is 3.13. The lowest BCUT2D eigenvalue weighted by Gasteiger charge is -2.29. The van der Waals surface area contributed by atoms with Crippen molar-refractivity contribution < 1.29 is 39.5 Å². The Hall–Kier alpha value is -0.630. The van der Waals surface area contributed by atoms with Crippen molar-refractivity contribution in [3.8, 4) is 0 Å². The van der Waals surface area contributed by atoms with E-state index >= 15 is 0 Å². The van der Waals surface area contributed by atoms with Crippen molar-refractivity contribution in [2.75, 3.05) is 6.67 Å². The van der Waals surface area contributed by atoms with Crippen molar-refractivity contribution in [1.29, 1.82) is 0 Å². The lowest BCUT2D eigenvalue weighted by atomic mass is 10.1. The van der Waals surface area contributed by atoms with Gasteiger partial charge in [0.05, 0.1) is 0 Å². The lowest BCUT2D eigenvalue weighted by Crippen LogP contribution is -2.57. The minimum Gasteiger partial charge on any atom is -0.248 e. The molecule has 0 nitrogen and oxygen atoms in total. The van der Waals surface area contributed by atoms with Gasteiger partial charge >= 0.3 is 18.0 Å². The molecule has 0 saturated heterocycles. The van der Waals surface area contributed by atoms with Gasteiger partial charge in [-0.2, -0.15) is 30.7 Å². The molecule has 0 amide bonds. The number of hydrogen-bond donors (Lipinski definition) is 0. The third-order valence-electron chi connectivity index (χ3n) is 1.30. The molecule has 0 saturated carbocycles. The van der Waals surface area contributed by atoms with E-state index in [-0.39, 0.29) is 0 Å². The molecule has 14 heavy (non-hydrogen) atoms. The van der Waals surface area contributed by atoms with E-state index in [9.17, 15) is 39.5 Å². The summed E-state index contributed by atoms with van der Waals surface area (Å²) in [5.74, 6) is -12.7. The molecule has 0 aliphatic heterocycles. The third-order valence-corrected chi connectivity index (χ3v) is 1.30. The maximum atomic E-state index is 12.0. The molecule has 1 unspecified atom stereocenters. The van der Waals surface area contributed by atoms with Gasteiger partial charge in [-0.1, -0.05) is 0 Å². The molecule has 0 fully saturated rings. The van der Waals surface area contributed by atoms with E-state index in [1.54, 1.807) is 0 Å². The van der Waals surface area contributed by atoms with E-state index in [0.29, 0.717) is 0 Å². The second-order valence-electron chi connectivity index (χ2n) is 2.32. The van der Waals surface area contributed by atoms with E-state index in [1.165, 1.54) is 0 Å². The first-order valence-electron chi connectivity index (χ1n) is 3.01. The first kappa shape index (κ1) is 13.4. The van der Waals surface area contributed by atoms with Crippen LogP contribution in [0, 0.1) is 0 Å². The largest absolute Gasteiger partial charge is 0.459 e. The Bertz CT molecular complexity index is 192. The molecule has 0 heterocycles. The van der Waals surface area contributed by atoms with E-state index in [4.69, 9.17) is 0 Å². The van der Waals surface area contributed by atoms with E-state index in [2.05, 4.69) is 0 Å². The molecule has 0 aromatic carbocycles. The van der Waals surface area contributed by atoms with Crippen LogP contribution in [0.5, 0.6) is 0 Å². The van der Waals surface area contributed by atoms with Crippen LogP contribution in [-0.4, -0.2) is 30.9 Å². The SMILES string of the molecule is FCC(F)C(F)(F)C(F)(F)C(F)(F)F. The van der Waals surface area contributed by atoms with Crippen molar-refractivity contribution in [1.82, 2.24) is 0 Å².